The molecule has 16 rings (SSSR count). The Bertz CT molecular complexity index is 6790. The number of benzene rings is 10. The number of nitrogens with zero attached hydrogens (tertiary/aromatic N) is 8. The number of thioether (sulfide) groups is 2. The molecule has 2 atom stereocenters. The molecule has 139 heavy (non-hydrogen) atoms. The molecule has 6 heterocycles. The fraction of sp³-hybridized carbons (Fsp3) is 0.358. The summed E-state index contributed by atoms with van der Waals surface area (Å²) >= 11 is 11.8. The van der Waals surface area contributed by atoms with Crippen LogP contribution in [0, 0.1) is 48.7 Å². The lowest BCUT2D eigenvalue weighted by Crippen LogP contribution is -2.46. The van der Waals surface area contributed by atoms with Crippen molar-refractivity contribution < 1.29 is 57.1 Å². The van der Waals surface area contributed by atoms with Crippen LogP contribution in [-0.2, 0) is 39.7 Å². The highest BCUT2D eigenvalue weighted by Gasteiger charge is 2.36. The number of piperazine rings is 2. The van der Waals surface area contributed by atoms with Crippen LogP contribution < -0.4 is 39.7 Å². The summed E-state index contributed by atoms with van der Waals surface area (Å²) in [6.45, 7) is 25.4. The van der Waals surface area contributed by atoms with E-state index in [2.05, 4.69) is 73.7 Å². The molecule has 4 aliphatic heterocycles. The van der Waals surface area contributed by atoms with E-state index >= 15 is 8.78 Å². The minimum Gasteiger partial charge on any atom is -0.393 e. The van der Waals surface area contributed by atoms with Gasteiger partial charge in [0.15, 0.2) is 19.7 Å². The van der Waals surface area contributed by atoms with Crippen molar-refractivity contribution in [3.63, 3.8) is 0 Å². The molecule has 33 heteroatoms. The van der Waals surface area contributed by atoms with Gasteiger partial charge in [-0.25, -0.2) is 46.8 Å². The Balaban J connectivity index is 0.000000211. The van der Waals surface area contributed by atoms with Crippen molar-refractivity contribution in [3.05, 3.63) is 273 Å². The summed E-state index contributed by atoms with van der Waals surface area (Å²) in [4.78, 5) is 16.4. The highest BCUT2D eigenvalue weighted by molar-refractivity contribution is 14.1. The fourth-order valence-corrected chi connectivity index (χ4v) is 26.6. The Morgan fingerprint density at radius 1 is 0.424 bits per heavy atom. The largest absolute Gasteiger partial charge is 0.393 e. The lowest BCUT2D eigenvalue weighted by atomic mass is 9.99. The third-order valence-electron chi connectivity index (χ3n) is 26.3. The van der Waals surface area contributed by atoms with Crippen molar-refractivity contribution >= 4 is 143 Å². The lowest BCUT2D eigenvalue weighted by Gasteiger charge is -2.37. The van der Waals surface area contributed by atoms with Crippen molar-refractivity contribution in [2.75, 3.05) is 155 Å². The molecule has 0 bridgehead atoms. The molecule has 0 spiro atoms. The van der Waals surface area contributed by atoms with E-state index < -0.39 is 57.2 Å². The smallest absolute Gasteiger partial charge is 0.261 e. The zero-order chi connectivity index (χ0) is 98.9. The van der Waals surface area contributed by atoms with E-state index in [9.17, 15) is 48.3 Å². The van der Waals surface area contributed by atoms with Gasteiger partial charge in [-0.15, -0.1) is 23.5 Å². The summed E-state index contributed by atoms with van der Waals surface area (Å²) in [5.41, 5.74) is 13.0. The molecule has 0 aliphatic carbocycles. The quantitative estimate of drug-likeness (QED) is 0.0162. The van der Waals surface area contributed by atoms with Gasteiger partial charge >= 0.3 is 0 Å². The minimum absolute atomic E-state index is 0.0861. The fourth-order valence-electron chi connectivity index (χ4n) is 19.2. The number of hydrogen-bond acceptors (Lipinski definition) is 20. The van der Waals surface area contributed by atoms with Crippen LogP contribution in [0.2, 0.25) is 5.02 Å². The minimum atomic E-state index is -3.91. The van der Waals surface area contributed by atoms with Gasteiger partial charge in [0.2, 0.25) is 0 Å². The van der Waals surface area contributed by atoms with Crippen LogP contribution in [0.3, 0.4) is 0 Å². The summed E-state index contributed by atoms with van der Waals surface area (Å²) in [6.07, 6.45) is 6.93. The van der Waals surface area contributed by atoms with Crippen LogP contribution in [-0.4, -0.2) is 203 Å². The second kappa shape index (κ2) is 45.3. The topological polar surface area (TPSA) is 254 Å². The van der Waals surface area contributed by atoms with Gasteiger partial charge in [0.1, 0.15) is 17.5 Å². The van der Waals surface area contributed by atoms with Crippen LogP contribution in [0.25, 0.3) is 44.8 Å². The molecule has 0 saturated carbocycles. The van der Waals surface area contributed by atoms with E-state index in [1.54, 1.807) is 110 Å². The highest BCUT2D eigenvalue weighted by Crippen LogP contribution is 2.49. The summed E-state index contributed by atoms with van der Waals surface area (Å²) in [6, 6.07) is 67.0. The molecule has 0 unspecified atom stereocenters. The van der Waals surface area contributed by atoms with Crippen molar-refractivity contribution in [3.8, 4) is 44.8 Å². The Hall–Kier alpha value is -9.69. The highest BCUT2D eigenvalue weighted by atomic mass is 127. The van der Waals surface area contributed by atoms with Crippen molar-refractivity contribution in [1.29, 1.82) is 0 Å². The van der Waals surface area contributed by atoms with Crippen LogP contribution in [0.5, 0.6) is 0 Å². The first-order valence-electron chi connectivity index (χ1n) is 47.2. The van der Waals surface area contributed by atoms with Crippen LogP contribution in [0.4, 0.5) is 58.7 Å². The lowest BCUT2D eigenvalue weighted by molar-refractivity contribution is 0.0815. The number of aromatic nitrogens is 2. The van der Waals surface area contributed by atoms with E-state index in [1.807, 2.05) is 170 Å². The number of anilines is 8. The van der Waals surface area contributed by atoms with Gasteiger partial charge in [0, 0.05) is 228 Å². The van der Waals surface area contributed by atoms with Crippen LogP contribution in [0.1, 0.15) is 101 Å². The second-order valence-electron chi connectivity index (χ2n) is 37.1. The Morgan fingerprint density at radius 3 is 1.20 bits per heavy atom. The standard InChI is InChI=1S/C53H62ClFN6O5S3.C53H61F2IN6O5S3/c1-36(2)61-38(4)53(68(5,63)64)51(52(61)39-11-13-41(54)14-12-39)40-32-42(55)34-46(33-40)60-29-27-59(28-30-60)45-17-15-43(16-18-45)57-69(65,66)49-19-20-50(37(3)31-49)56-44(35-67-48-9-7-6-8-10-48)21-24-58-25-22-47(62)23-26-58;1-35(2)62-37(4)53(69(5,64)65)50(52(62)38-11-13-39(54)14-12-38)47-32-43(33-48(55)51(47)56)61-29-27-60(28-30-61)42-17-15-40(16-18-42)58-70(66,67)46-19-20-49(36(3)31-46)57-41(34-68-45-9-7-6-8-10-45)21-24-59-25-22-44(63)23-26-59/h6-20,31-34,36,44,47,56-57,62H,21-30,35H2,1-5H3;6-20,31-33,35,41,44,57-58,63H,21-30,34H2,1-5H3/t44-;41-/m11/s1. The zero-order valence-electron chi connectivity index (χ0n) is 80.0. The zero-order valence-corrected chi connectivity index (χ0v) is 87.8. The molecule has 10 aromatic carbocycles. The molecule has 738 valence electrons. The van der Waals surface area contributed by atoms with Crippen molar-refractivity contribution in [1.82, 2.24) is 18.9 Å². The van der Waals surface area contributed by atoms with E-state index in [1.165, 1.54) is 52.6 Å². The molecular weight excluding hydrogens is 2010 g/mol. The monoisotopic (exact) mass is 2130 g/mol. The first-order valence-corrected chi connectivity index (χ1v) is 57.4. The number of piperidine rings is 2. The molecule has 4 saturated heterocycles. The first-order chi connectivity index (χ1) is 66.3. The van der Waals surface area contributed by atoms with Gasteiger partial charge in [-0.3, -0.25) is 9.44 Å². The van der Waals surface area contributed by atoms with Crippen molar-refractivity contribution in [2.45, 2.75) is 160 Å². The second-order valence-corrected chi connectivity index (χ2v) is 48.1. The van der Waals surface area contributed by atoms with E-state index in [-0.39, 0.29) is 59.5 Å². The van der Waals surface area contributed by atoms with Gasteiger partial charge in [0.25, 0.3) is 20.0 Å². The van der Waals surface area contributed by atoms with Gasteiger partial charge < -0.3 is 59.4 Å². The Labute approximate surface area is 844 Å². The molecule has 4 aliphatic rings. The van der Waals surface area contributed by atoms with Gasteiger partial charge in [-0.05, 0) is 320 Å². The summed E-state index contributed by atoms with van der Waals surface area (Å²) in [5, 5.41) is 28.0. The number of rotatable bonds is 34. The normalized spacial score (nSPS) is 15.7. The first kappa shape index (κ1) is 104. The summed E-state index contributed by atoms with van der Waals surface area (Å²) < 4.78 is 165. The Morgan fingerprint density at radius 2 is 0.806 bits per heavy atom. The number of nitrogens with one attached hydrogen (secondary N) is 4. The van der Waals surface area contributed by atoms with E-state index in [4.69, 9.17) is 11.6 Å². The SMILES string of the molecule is Cc1cc(S(=O)(=O)Nc2ccc(N3CCN(c4cc(F)c(I)c(-c5c(S(C)(=O)=O)c(C)n(C(C)C)c5-c5ccc(F)cc5)c4)CC3)cc2)ccc1N[C@H](CCN1CCC(O)CC1)CSc1ccccc1.Cc1cc(S(=O)(=O)Nc2ccc(N3CCN(c4cc(F)cc(-c5c(S(C)(=O)=O)c(C)n(C(C)C)c5-c5ccc(Cl)cc5)c4)CC3)cc2)ccc1N[C@H](CCN1CCC(O)CC1)CSc1ccccc1. The van der Waals surface area contributed by atoms with Gasteiger partial charge in [0.05, 0.1) is 46.7 Å². The number of aliphatic hydroxyl groups is 2. The molecule has 2 aromatic heterocycles. The number of hydrogen-bond donors (Lipinski definition) is 6. The maximum Gasteiger partial charge on any atom is 0.261 e. The van der Waals surface area contributed by atoms with Gasteiger partial charge in [-0.2, -0.15) is 0 Å². The molecule has 12 aromatic rings. The van der Waals surface area contributed by atoms with E-state index in [0.717, 1.165) is 129 Å². The average molecular weight is 2140 g/mol. The number of aryl methyl sites for hydroxylation is 2. The summed E-state index contributed by atoms with van der Waals surface area (Å²) in [7, 11) is -15.3. The van der Waals surface area contributed by atoms with E-state index in [0.29, 0.717) is 131 Å². The number of halogens is 5. The summed E-state index contributed by atoms with van der Waals surface area (Å²) in [5.74, 6) is 0.327. The number of sulfonamides is 2. The number of sulfone groups is 2. The maximum absolute atomic E-state index is 16.1. The van der Waals surface area contributed by atoms with Crippen LogP contribution >= 0.6 is 57.7 Å². The molecular formula is C106H123ClF3IN12O10S6. The molecule has 22 nitrogen and oxygen atoms in total. The number of likely N-dealkylation sites (tertiary alicyclic amines) is 2. The van der Waals surface area contributed by atoms with Crippen LogP contribution in [0.15, 0.2) is 254 Å². The maximum atomic E-state index is 16.1. The Kier molecular flexibility index (Phi) is 33.8. The number of aliphatic hydroxyl groups excluding tert-OH is 2. The molecule has 4 fully saturated rings. The molecule has 0 amide bonds. The van der Waals surface area contributed by atoms with Crippen molar-refractivity contribution in [2.24, 2.45) is 0 Å². The third-order valence-corrected chi connectivity index (χ3v) is 35.3. The molecule has 6 N–H and O–H groups in total. The third kappa shape index (κ3) is 25.7. The predicted octanol–water partition coefficient (Wildman–Crippen LogP) is 21.6. The molecule has 0 radical (unpaired) electrons. The van der Waals surface area contributed by atoms with Gasteiger partial charge in [-0.1, -0.05) is 60.1 Å². The average Bonchev–Trinajstić information content (AvgIpc) is 1.58. The predicted molar refractivity (Wildman–Crippen MR) is 572 cm³/mol.